The first kappa shape index (κ1) is 11.1. The standard InChI is InChI=1S/C11H11N5O/c1-17-10-5-3-2-4-9(10)8-11-13-14-15-16(11)7-6-12/h2-5H,7-8H2,1H3. The van der Waals surface area contributed by atoms with Crippen molar-refractivity contribution in [3.63, 3.8) is 0 Å². The third kappa shape index (κ3) is 2.39. The van der Waals surface area contributed by atoms with Crippen molar-refractivity contribution < 1.29 is 4.74 Å². The van der Waals surface area contributed by atoms with E-state index in [1.807, 2.05) is 30.3 Å². The van der Waals surface area contributed by atoms with Crippen LogP contribution in [0.3, 0.4) is 0 Å². The highest BCUT2D eigenvalue weighted by molar-refractivity contribution is 5.35. The van der Waals surface area contributed by atoms with Crippen LogP contribution in [0.15, 0.2) is 24.3 Å². The number of rotatable bonds is 4. The predicted molar refractivity (Wildman–Crippen MR) is 59.2 cm³/mol. The molecule has 0 atom stereocenters. The molecule has 0 aliphatic carbocycles. The van der Waals surface area contributed by atoms with Crippen LogP contribution in [0.2, 0.25) is 0 Å². The van der Waals surface area contributed by atoms with Gasteiger partial charge in [0.1, 0.15) is 12.3 Å². The van der Waals surface area contributed by atoms with Gasteiger partial charge in [0.05, 0.1) is 13.2 Å². The second kappa shape index (κ2) is 5.07. The van der Waals surface area contributed by atoms with Gasteiger partial charge in [-0.25, -0.2) is 4.68 Å². The lowest BCUT2D eigenvalue weighted by atomic mass is 10.1. The largest absolute Gasteiger partial charge is 0.496 e. The second-order valence-electron chi connectivity index (χ2n) is 3.40. The Labute approximate surface area is 98.4 Å². The summed E-state index contributed by atoms with van der Waals surface area (Å²) in [5.74, 6) is 1.44. The molecule has 6 heteroatoms. The number of aromatic nitrogens is 4. The number of nitrogens with zero attached hydrogens (tertiary/aromatic N) is 5. The molecule has 6 nitrogen and oxygen atoms in total. The molecule has 0 radical (unpaired) electrons. The third-order valence-corrected chi connectivity index (χ3v) is 2.37. The van der Waals surface area contributed by atoms with Crippen molar-refractivity contribution in [2.75, 3.05) is 7.11 Å². The summed E-state index contributed by atoms with van der Waals surface area (Å²) in [6, 6.07) is 9.68. The van der Waals surface area contributed by atoms with Gasteiger partial charge >= 0.3 is 0 Å². The summed E-state index contributed by atoms with van der Waals surface area (Å²) in [4.78, 5) is 0. The van der Waals surface area contributed by atoms with Crippen LogP contribution in [-0.4, -0.2) is 27.3 Å². The summed E-state index contributed by atoms with van der Waals surface area (Å²) in [5, 5.41) is 19.9. The lowest BCUT2D eigenvalue weighted by Gasteiger charge is -2.06. The predicted octanol–water partition coefficient (Wildman–Crippen LogP) is 0.796. The Morgan fingerprint density at radius 3 is 3.00 bits per heavy atom. The van der Waals surface area contributed by atoms with Gasteiger partial charge in [-0.15, -0.1) is 5.10 Å². The average molecular weight is 229 g/mol. The Morgan fingerprint density at radius 1 is 1.41 bits per heavy atom. The maximum absolute atomic E-state index is 8.64. The Balaban J connectivity index is 2.25. The van der Waals surface area contributed by atoms with Crippen LogP contribution in [0, 0.1) is 11.3 Å². The first-order chi connectivity index (χ1) is 8.35. The van der Waals surface area contributed by atoms with Crippen LogP contribution >= 0.6 is 0 Å². The van der Waals surface area contributed by atoms with Gasteiger partial charge in [-0.05, 0) is 16.5 Å². The molecule has 0 fully saturated rings. The van der Waals surface area contributed by atoms with E-state index in [9.17, 15) is 0 Å². The third-order valence-electron chi connectivity index (χ3n) is 2.37. The number of para-hydroxylation sites is 1. The van der Waals surface area contributed by atoms with E-state index in [2.05, 4.69) is 15.5 Å². The van der Waals surface area contributed by atoms with Crippen molar-refractivity contribution in [1.82, 2.24) is 20.2 Å². The zero-order chi connectivity index (χ0) is 12.1. The summed E-state index contributed by atoms with van der Waals surface area (Å²) in [5.41, 5.74) is 0.990. The van der Waals surface area contributed by atoms with Crippen molar-refractivity contribution in [2.45, 2.75) is 13.0 Å². The fourth-order valence-electron chi connectivity index (χ4n) is 1.56. The topological polar surface area (TPSA) is 76.6 Å². The van der Waals surface area contributed by atoms with Crippen molar-refractivity contribution in [3.05, 3.63) is 35.7 Å². The molecule has 0 saturated carbocycles. The van der Waals surface area contributed by atoms with Gasteiger partial charge in [-0.2, -0.15) is 5.26 Å². The van der Waals surface area contributed by atoms with Gasteiger partial charge in [0.25, 0.3) is 0 Å². The van der Waals surface area contributed by atoms with Gasteiger partial charge in [0.15, 0.2) is 5.82 Å². The zero-order valence-corrected chi connectivity index (χ0v) is 9.37. The Hall–Kier alpha value is -2.42. The average Bonchev–Trinajstić information content (AvgIpc) is 2.78. The van der Waals surface area contributed by atoms with E-state index < -0.39 is 0 Å². The molecular formula is C11H11N5O. The molecule has 0 aliphatic heterocycles. The molecule has 0 amide bonds. The van der Waals surface area contributed by atoms with E-state index in [4.69, 9.17) is 10.00 Å². The van der Waals surface area contributed by atoms with Crippen LogP contribution in [0.25, 0.3) is 0 Å². The van der Waals surface area contributed by atoms with Gasteiger partial charge in [-0.1, -0.05) is 18.2 Å². The van der Waals surface area contributed by atoms with Crippen LogP contribution in [0.4, 0.5) is 0 Å². The molecule has 1 heterocycles. The van der Waals surface area contributed by atoms with E-state index >= 15 is 0 Å². The molecule has 0 saturated heterocycles. The van der Waals surface area contributed by atoms with Crippen molar-refractivity contribution in [3.8, 4) is 11.8 Å². The summed E-state index contributed by atoms with van der Waals surface area (Å²) in [6.07, 6.45) is 0.540. The van der Waals surface area contributed by atoms with Crippen molar-refractivity contribution in [2.24, 2.45) is 0 Å². The number of hydrogen-bond acceptors (Lipinski definition) is 5. The van der Waals surface area contributed by atoms with Crippen LogP contribution in [0.1, 0.15) is 11.4 Å². The number of ether oxygens (including phenoxy) is 1. The molecule has 0 spiro atoms. The quantitative estimate of drug-likeness (QED) is 0.774. The summed E-state index contributed by atoms with van der Waals surface area (Å²) < 4.78 is 6.73. The fourth-order valence-corrected chi connectivity index (χ4v) is 1.56. The molecule has 0 bridgehead atoms. The Morgan fingerprint density at radius 2 is 2.24 bits per heavy atom. The fraction of sp³-hybridized carbons (Fsp3) is 0.273. The summed E-state index contributed by atoms with van der Waals surface area (Å²) in [6.45, 7) is 0.150. The monoisotopic (exact) mass is 229 g/mol. The second-order valence-corrected chi connectivity index (χ2v) is 3.40. The highest BCUT2D eigenvalue weighted by Crippen LogP contribution is 2.19. The molecule has 0 unspecified atom stereocenters. The van der Waals surface area contributed by atoms with Crippen LogP contribution in [0.5, 0.6) is 5.75 Å². The minimum Gasteiger partial charge on any atom is -0.496 e. The molecule has 2 aromatic rings. The van der Waals surface area contributed by atoms with Gasteiger partial charge in [0.2, 0.25) is 0 Å². The van der Waals surface area contributed by atoms with E-state index in [0.717, 1.165) is 11.3 Å². The number of hydrogen-bond donors (Lipinski definition) is 0. The van der Waals surface area contributed by atoms with E-state index in [0.29, 0.717) is 12.2 Å². The molecular weight excluding hydrogens is 218 g/mol. The molecule has 86 valence electrons. The van der Waals surface area contributed by atoms with E-state index in [1.54, 1.807) is 7.11 Å². The van der Waals surface area contributed by atoms with E-state index in [-0.39, 0.29) is 6.54 Å². The van der Waals surface area contributed by atoms with Crippen LogP contribution in [-0.2, 0) is 13.0 Å². The molecule has 2 rings (SSSR count). The molecule has 1 aromatic carbocycles. The highest BCUT2D eigenvalue weighted by atomic mass is 16.5. The van der Waals surface area contributed by atoms with Crippen molar-refractivity contribution in [1.29, 1.82) is 5.26 Å². The number of nitriles is 1. The van der Waals surface area contributed by atoms with E-state index in [1.165, 1.54) is 4.68 Å². The van der Waals surface area contributed by atoms with Crippen molar-refractivity contribution >= 4 is 0 Å². The molecule has 0 N–H and O–H groups in total. The molecule has 17 heavy (non-hydrogen) atoms. The highest BCUT2D eigenvalue weighted by Gasteiger charge is 2.09. The first-order valence-electron chi connectivity index (χ1n) is 5.09. The Kier molecular flexibility index (Phi) is 3.31. The minimum atomic E-state index is 0.150. The normalized spacial score (nSPS) is 9.88. The van der Waals surface area contributed by atoms with Crippen LogP contribution < -0.4 is 4.74 Å². The van der Waals surface area contributed by atoms with Gasteiger partial charge < -0.3 is 4.74 Å². The number of benzene rings is 1. The zero-order valence-electron chi connectivity index (χ0n) is 9.37. The number of methoxy groups -OCH3 is 1. The summed E-state index contributed by atoms with van der Waals surface area (Å²) in [7, 11) is 1.62. The lowest BCUT2D eigenvalue weighted by Crippen LogP contribution is -2.06. The first-order valence-corrected chi connectivity index (χ1v) is 5.09. The Bertz CT molecular complexity index is 543. The lowest BCUT2D eigenvalue weighted by molar-refractivity contribution is 0.410. The SMILES string of the molecule is COc1ccccc1Cc1nnnn1CC#N. The smallest absolute Gasteiger partial charge is 0.157 e. The summed E-state index contributed by atoms with van der Waals surface area (Å²) >= 11 is 0. The molecule has 1 aromatic heterocycles. The van der Waals surface area contributed by atoms with Gasteiger partial charge in [-0.3, -0.25) is 0 Å². The maximum Gasteiger partial charge on any atom is 0.157 e. The molecule has 0 aliphatic rings. The maximum atomic E-state index is 8.64. The number of tetrazole rings is 1. The minimum absolute atomic E-state index is 0.150. The van der Waals surface area contributed by atoms with Gasteiger partial charge in [0, 0.05) is 12.0 Å².